The van der Waals surface area contributed by atoms with E-state index in [2.05, 4.69) is 13.2 Å². The Morgan fingerprint density at radius 1 is 1.27 bits per heavy atom. The molecule has 11 heavy (non-hydrogen) atoms. The van der Waals surface area contributed by atoms with Crippen molar-refractivity contribution < 1.29 is 9.13 Å². The molecule has 0 saturated heterocycles. The van der Waals surface area contributed by atoms with Gasteiger partial charge in [-0.3, -0.25) is 4.39 Å². The summed E-state index contributed by atoms with van der Waals surface area (Å²) in [6.07, 6.45) is 3.40. The van der Waals surface area contributed by atoms with Crippen molar-refractivity contribution in [3.63, 3.8) is 0 Å². The first kappa shape index (κ1) is 12.6. The molecule has 64 valence electrons. The molecule has 0 aromatic rings. The Hall–Kier alpha value is -1.05. The Morgan fingerprint density at radius 2 is 1.73 bits per heavy atom. The van der Waals surface area contributed by atoms with Gasteiger partial charge in [-0.25, -0.2) is 0 Å². The van der Waals surface area contributed by atoms with Crippen molar-refractivity contribution in [2.45, 2.75) is 6.92 Å². The first-order valence-corrected chi connectivity index (χ1v) is 3.13. The molecule has 0 aliphatic heterocycles. The van der Waals surface area contributed by atoms with Crippen LogP contribution in [-0.2, 0) is 4.74 Å². The van der Waals surface area contributed by atoms with Gasteiger partial charge in [0, 0.05) is 0 Å². The third-order valence-corrected chi connectivity index (χ3v) is 1.10. The fraction of sp³-hybridized carbons (Fsp3) is 0.333. The Morgan fingerprint density at radius 3 is 1.82 bits per heavy atom. The van der Waals surface area contributed by atoms with Crippen LogP contribution >= 0.6 is 0 Å². The zero-order valence-electron chi connectivity index (χ0n) is 7.36. The van der Waals surface area contributed by atoms with Crippen LogP contribution in [0.4, 0.5) is 4.39 Å². The van der Waals surface area contributed by atoms with Gasteiger partial charge in [-0.05, 0) is 18.6 Å². The van der Waals surface area contributed by atoms with E-state index < -0.39 is 0 Å². The van der Waals surface area contributed by atoms with Crippen LogP contribution in [0.25, 0.3) is 0 Å². The van der Waals surface area contributed by atoms with E-state index in [4.69, 9.17) is 4.74 Å². The first-order valence-electron chi connectivity index (χ1n) is 3.13. The van der Waals surface area contributed by atoms with Crippen LogP contribution in [-0.4, -0.2) is 14.3 Å². The fourth-order valence-corrected chi connectivity index (χ4v) is 0.506. The van der Waals surface area contributed by atoms with Crippen molar-refractivity contribution >= 4 is 0 Å². The molecule has 0 aliphatic carbocycles. The number of alkyl halides is 1. The van der Waals surface area contributed by atoms with E-state index in [1.54, 1.807) is 19.3 Å². The largest absolute Gasteiger partial charge is 0.497 e. The maximum Gasteiger partial charge on any atom is 0.121 e. The van der Waals surface area contributed by atoms with Crippen LogP contribution in [0.15, 0.2) is 36.6 Å². The van der Waals surface area contributed by atoms with Crippen LogP contribution in [0.2, 0.25) is 0 Å². The monoisotopic (exact) mass is 158 g/mol. The lowest BCUT2D eigenvalue weighted by Crippen LogP contribution is -1.83. The minimum absolute atomic E-state index is 0.500. The van der Waals surface area contributed by atoms with Crippen LogP contribution < -0.4 is 0 Å². The van der Waals surface area contributed by atoms with Gasteiger partial charge in [-0.15, -0.1) is 0 Å². The Bertz CT molecular complexity index is 148. The van der Waals surface area contributed by atoms with Crippen LogP contribution in [0.5, 0.6) is 0 Å². The summed E-state index contributed by atoms with van der Waals surface area (Å²) < 4.78 is 14.4. The second-order valence-corrected chi connectivity index (χ2v) is 1.66. The Kier molecular flexibility index (Phi) is 10.3. The summed E-state index contributed by atoms with van der Waals surface area (Å²) in [5, 5.41) is 0. The van der Waals surface area contributed by atoms with Crippen molar-refractivity contribution in [2.75, 3.05) is 14.3 Å². The van der Waals surface area contributed by atoms with Gasteiger partial charge in [0.1, 0.15) is 5.76 Å². The summed E-state index contributed by atoms with van der Waals surface area (Å²) in [4.78, 5) is 0. The highest BCUT2D eigenvalue weighted by molar-refractivity contribution is 5.24. The highest BCUT2D eigenvalue weighted by atomic mass is 19.1. The van der Waals surface area contributed by atoms with Crippen LogP contribution in [0.1, 0.15) is 6.92 Å². The molecular weight excluding hydrogens is 143 g/mol. The Balaban J connectivity index is 0. The molecule has 0 atom stereocenters. The van der Waals surface area contributed by atoms with Crippen molar-refractivity contribution in [1.29, 1.82) is 0 Å². The van der Waals surface area contributed by atoms with E-state index in [9.17, 15) is 4.39 Å². The SMILES string of the molecule is C=C/C(C)=C(\C=C)OC.CF. The normalized spacial score (nSPS) is 10.2. The number of hydrogen-bond acceptors (Lipinski definition) is 1. The third kappa shape index (κ3) is 5.40. The lowest BCUT2D eigenvalue weighted by Gasteiger charge is -2.00. The minimum atomic E-state index is 0.500. The number of rotatable bonds is 3. The molecule has 0 aliphatic rings. The molecule has 0 aromatic carbocycles. The smallest absolute Gasteiger partial charge is 0.121 e. The predicted octanol–water partition coefficient (Wildman–Crippen LogP) is 2.86. The summed E-state index contributed by atoms with van der Waals surface area (Å²) in [6, 6.07) is 0. The number of allylic oxidation sites excluding steroid dienone is 3. The van der Waals surface area contributed by atoms with Crippen molar-refractivity contribution in [3.8, 4) is 0 Å². The molecule has 0 radical (unpaired) electrons. The van der Waals surface area contributed by atoms with Crippen LogP contribution in [0, 0.1) is 0 Å². The third-order valence-electron chi connectivity index (χ3n) is 1.10. The van der Waals surface area contributed by atoms with Gasteiger partial charge in [0.25, 0.3) is 0 Å². The molecule has 0 heterocycles. The molecule has 0 fully saturated rings. The van der Waals surface area contributed by atoms with Crippen molar-refractivity contribution in [2.24, 2.45) is 0 Å². The molecule has 0 unspecified atom stereocenters. The second kappa shape index (κ2) is 8.95. The lowest BCUT2D eigenvalue weighted by atomic mass is 10.2. The standard InChI is InChI=1S/C8H12O.CH3F/c1-5-7(3)8(6-2)9-4;1-2/h5-6H,1-2H2,3-4H3;1H3/b8-7+;. The number of hydrogen-bond donors (Lipinski definition) is 0. The maximum absolute atomic E-state index is 9.50. The van der Waals surface area contributed by atoms with Gasteiger partial charge in [-0.2, -0.15) is 0 Å². The molecule has 2 heteroatoms. The zero-order chi connectivity index (χ0) is 9.28. The number of ether oxygens (including phenoxy) is 1. The highest BCUT2D eigenvalue weighted by Crippen LogP contribution is 2.05. The van der Waals surface area contributed by atoms with E-state index in [1.165, 1.54) is 0 Å². The van der Waals surface area contributed by atoms with Gasteiger partial charge in [-0.1, -0.05) is 19.2 Å². The molecule has 0 aromatic heterocycles. The average molecular weight is 158 g/mol. The molecule has 0 rings (SSSR count). The summed E-state index contributed by atoms with van der Waals surface area (Å²) in [5.41, 5.74) is 1.01. The van der Waals surface area contributed by atoms with Crippen molar-refractivity contribution in [3.05, 3.63) is 36.6 Å². The number of halogens is 1. The first-order chi connectivity index (χ1) is 5.26. The molecule has 0 N–H and O–H groups in total. The maximum atomic E-state index is 9.50. The van der Waals surface area contributed by atoms with Crippen molar-refractivity contribution in [1.82, 2.24) is 0 Å². The summed E-state index contributed by atoms with van der Waals surface area (Å²) in [7, 11) is 2.12. The quantitative estimate of drug-likeness (QED) is 0.453. The predicted molar refractivity (Wildman–Crippen MR) is 47.1 cm³/mol. The van der Waals surface area contributed by atoms with E-state index >= 15 is 0 Å². The summed E-state index contributed by atoms with van der Waals surface area (Å²) in [6.45, 7) is 9.09. The van der Waals surface area contributed by atoms with E-state index in [0.717, 1.165) is 11.3 Å². The molecular formula is C9H15FO. The van der Waals surface area contributed by atoms with Gasteiger partial charge < -0.3 is 4.74 Å². The van der Waals surface area contributed by atoms with Gasteiger partial charge >= 0.3 is 0 Å². The molecule has 0 bridgehead atoms. The minimum Gasteiger partial charge on any atom is -0.497 e. The van der Waals surface area contributed by atoms with Gasteiger partial charge in [0.05, 0.1) is 14.3 Å². The Labute approximate surface area is 67.9 Å². The van der Waals surface area contributed by atoms with E-state index in [1.807, 2.05) is 6.92 Å². The summed E-state index contributed by atoms with van der Waals surface area (Å²) in [5.74, 6) is 0.782. The average Bonchev–Trinajstić information content (AvgIpc) is 2.10. The molecule has 0 spiro atoms. The van der Waals surface area contributed by atoms with Gasteiger partial charge in [0.2, 0.25) is 0 Å². The van der Waals surface area contributed by atoms with E-state index in [-0.39, 0.29) is 0 Å². The lowest BCUT2D eigenvalue weighted by molar-refractivity contribution is 0.304. The molecule has 1 nitrogen and oxygen atoms in total. The van der Waals surface area contributed by atoms with Gasteiger partial charge in [0.15, 0.2) is 0 Å². The summed E-state index contributed by atoms with van der Waals surface area (Å²) >= 11 is 0. The number of methoxy groups -OCH3 is 1. The molecule has 0 amide bonds. The van der Waals surface area contributed by atoms with E-state index in [0.29, 0.717) is 7.18 Å². The fourth-order valence-electron chi connectivity index (χ4n) is 0.506. The molecule has 0 saturated carbocycles. The van der Waals surface area contributed by atoms with Crippen LogP contribution in [0.3, 0.4) is 0 Å². The second-order valence-electron chi connectivity index (χ2n) is 1.66. The topological polar surface area (TPSA) is 9.23 Å². The zero-order valence-corrected chi connectivity index (χ0v) is 7.36. The highest BCUT2D eigenvalue weighted by Gasteiger charge is 1.90.